The smallest absolute Gasteiger partial charge is 0.387 e. The largest absolute Gasteiger partial charge is 0.462 e. The van der Waals surface area contributed by atoms with Crippen LogP contribution in [0.25, 0.3) is 11.6 Å². The second-order valence-electron chi connectivity index (χ2n) is 5.24. The molecule has 0 saturated heterocycles. The number of carbonyl (C=O) groups excluding carboxylic acids is 1. The predicted molar refractivity (Wildman–Crippen MR) is 97.7 cm³/mol. The topological polar surface area (TPSA) is 59.3 Å². The Kier molecular flexibility index (Phi) is 7.26. The van der Waals surface area contributed by atoms with Crippen molar-refractivity contribution in [2.45, 2.75) is 13.5 Å². The lowest BCUT2D eigenvalue weighted by atomic mass is 9.99. The molecule has 0 N–H and O–H groups in total. The minimum atomic E-state index is -2.96. The van der Waals surface area contributed by atoms with E-state index in [2.05, 4.69) is 4.74 Å². The second kappa shape index (κ2) is 9.88. The fraction of sp³-hybridized carbons (Fsp3) is 0.143. The highest BCUT2D eigenvalue weighted by Gasteiger charge is 2.16. The lowest BCUT2D eigenvalue weighted by Crippen LogP contribution is -2.08. The van der Waals surface area contributed by atoms with Crippen LogP contribution in [0.3, 0.4) is 0 Å². The predicted octanol–water partition coefficient (Wildman–Crippen LogP) is 4.84. The van der Waals surface area contributed by atoms with Crippen LogP contribution in [0, 0.1) is 11.3 Å². The van der Waals surface area contributed by atoms with Gasteiger partial charge in [0.25, 0.3) is 0 Å². The zero-order chi connectivity index (χ0) is 19.6. The lowest BCUT2D eigenvalue weighted by Gasteiger charge is -2.09. The summed E-state index contributed by atoms with van der Waals surface area (Å²) in [6.45, 7) is -1.19. The molecule has 0 aliphatic rings. The van der Waals surface area contributed by atoms with Gasteiger partial charge in [-0.3, -0.25) is 0 Å². The highest BCUT2D eigenvalue weighted by molar-refractivity contribution is 6.04. The number of nitriles is 1. The van der Waals surface area contributed by atoms with Crippen LogP contribution in [-0.4, -0.2) is 19.2 Å². The van der Waals surface area contributed by atoms with Crippen molar-refractivity contribution >= 4 is 17.6 Å². The zero-order valence-electron chi connectivity index (χ0n) is 14.6. The van der Waals surface area contributed by atoms with E-state index in [4.69, 9.17) is 4.74 Å². The van der Waals surface area contributed by atoms with Gasteiger partial charge in [-0.05, 0) is 18.6 Å². The van der Waals surface area contributed by atoms with Crippen molar-refractivity contribution in [3.05, 3.63) is 77.4 Å². The van der Waals surface area contributed by atoms with E-state index in [1.165, 1.54) is 18.2 Å². The molecule has 0 amide bonds. The molecule has 0 bridgehead atoms. The maximum Gasteiger partial charge on any atom is 0.387 e. The van der Waals surface area contributed by atoms with Crippen molar-refractivity contribution in [1.29, 1.82) is 5.26 Å². The van der Waals surface area contributed by atoms with Gasteiger partial charge in [-0.25, -0.2) is 4.79 Å². The molecule has 0 spiro atoms. The Hall–Kier alpha value is -3.46. The highest BCUT2D eigenvalue weighted by Crippen LogP contribution is 2.26. The van der Waals surface area contributed by atoms with Crippen LogP contribution in [0.5, 0.6) is 5.75 Å². The standard InChI is InChI=1S/C21H17F2NO3/c1-2-26-20(25)18(14-24)17(15-8-4-3-5-9-15)13-12-16-10-6-7-11-19(16)27-21(22)23/h3-13,21H,2H2,1H3/b13-12+,18-17-. The number of rotatable bonds is 7. The fourth-order valence-corrected chi connectivity index (χ4v) is 2.36. The van der Waals surface area contributed by atoms with E-state index in [1.807, 2.05) is 6.07 Å². The van der Waals surface area contributed by atoms with Crippen LogP contribution >= 0.6 is 0 Å². The van der Waals surface area contributed by atoms with Crippen molar-refractivity contribution in [3.8, 4) is 11.8 Å². The van der Waals surface area contributed by atoms with Gasteiger partial charge in [0.1, 0.15) is 17.4 Å². The molecule has 0 unspecified atom stereocenters. The van der Waals surface area contributed by atoms with E-state index in [1.54, 1.807) is 55.5 Å². The molecule has 138 valence electrons. The van der Waals surface area contributed by atoms with E-state index in [0.717, 1.165) is 0 Å². The number of benzene rings is 2. The second-order valence-corrected chi connectivity index (χ2v) is 5.24. The number of esters is 1. The third-order valence-corrected chi connectivity index (χ3v) is 3.51. The molecular weight excluding hydrogens is 352 g/mol. The summed E-state index contributed by atoms with van der Waals surface area (Å²) in [6.07, 6.45) is 3.02. The normalized spacial score (nSPS) is 11.8. The number of allylic oxidation sites excluding steroid dienone is 2. The molecule has 0 heterocycles. The maximum atomic E-state index is 12.6. The number of alkyl halides is 2. The third-order valence-electron chi connectivity index (χ3n) is 3.51. The van der Waals surface area contributed by atoms with Gasteiger partial charge in [-0.1, -0.05) is 60.7 Å². The molecule has 0 saturated carbocycles. The number of hydrogen-bond donors (Lipinski definition) is 0. The van der Waals surface area contributed by atoms with Crippen molar-refractivity contribution < 1.29 is 23.0 Å². The maximum absolute atomic E-state index is 12.6. The summed E-state index contributed by atoms with van der Waals surface area (Å²) < 4.78 is 34.6. The molecule has 27 heavy (non-hydrogen) atoms. The number of nitrogens with zero attached hydrogens (tertiary/aromatic N) is 1. The summed E-state index contributed by atoms with van der Waals surface area (Å²) in [7, 11) is 0. The van der Waals surface area contributed by atoms with Crippen LogP contribution in [-0.2, 0) is 9.53 Å². The summed E-state index contributed by atoms with van der Waals surface area (Å²) in [6, 6.07) is 16.9. The van der Waals surface area contributed by atoms with Crippen LogP contribution < -0.4 is 4.74 Å². The number of carbonyl (C=O) groups is 1. The molecule has 0 aromatic heterocycles. The Balaban J connectivity index is 2.52. The van der Waals surface area contributed by atoms with Gasteiger partial charge in [0.05, 0.1) is 6.61 Å². The van der Waals surface area contributed by atoms with Gasteiger partial charge in [-0.2, -0.15) is 14.0 Å². The monoisotopic (exact) mass is 369 g/mol. The molecule has 2 aromatic rings. The molecule has 6 heteroatoms. The molecule has 2 rings (SSSR count). The Morgan fingerprint density at radius 3 is 2.44 bits per heavy atom. The van der Waals surface area contributed by atoms with Gasteiger partial charge in [0, 0.05) is 11.1 Å². The van der Waals surface area contributed by atoms with Crippen molar-refractivity contribution in [2.24, 2.45) is 0 Å². The molecular formula is C21H17F2NO3. The van der Waals surface area contributed by atoms with Gasteiger partial charge in [0.2, 0.25) is 0 Å². The average molecular weight is 369 g/mol. The Bertz CT molecular complexity index is 884. The summed E-state index contributed by atoms with van der Waals surface area (Å²) in [5, 5.41) is 9.46. The molecule has 0 aliphatic carbocycles. The average Bonchev–Trinajstić information content (AvgIpc) is 2.66. The van der Waals surface area contributed by atoms with E-state index in [0.29, 0.717) is 16.7 Å². The molecule has 2 aromatic carbocycles. The Morgan fingerprint density at radius 1 is 1.15 bits per heavy atom. The van der Waals surface area contributed by atoms with Crippen molar-refractivity contribution in [3.63, 3.8) is 0 Å². The Labute approximate surface area is 156 Å². The van der Waals surface area contributed by atoms with Gasteiger partial charge >= 0.3 is 12.6 Å². The van der Waals surface area contributed by atoms with Crippen LogP contribution in [0.2, 0.25) is 0 Å². The molecule has 0 aliphatic heterocycles. The molecule has 0 atom stereocenters. The summed E-state index contributed by atoms with van der Waals surface area (Å²) in [4.78, 5) is 12.2. The molecule has 4 nitrogen and oxygen atoms in total. The van der Waals surface area contributed by atoms with Crippen LogP contribution in [0.15, 0.2) is 66.2 Å². The summed E-state index contributed by atoms with van der Waals surface area (Å²) in [5.41, 5.74) is 1.15. The zero-order valence-corrected chi connectivity index (χ0v) is 14.6. The van der Waals surface area contributed by atoms with Crippen molar-refractivity contribution in [1.82, 2.24) is 0 Å². The number of hydrogen-bond acceptors (Lipinski definition) is 4. The first-order valence-corrected chi connectivity index (χ1v) is 8.15. The minimum absolute atomic E-state index is 0.00851. The molecule has 0 radical (unpaired) electrons. The SMILES string of the molecule is CCOC(=O)/C(C#N)=C(/C=C/c1ccccc1OC(F)F)c1ccccc1. The number of ether oxygens (including phenoxy) is 2. The van der Waals surface area contributed by atoms with E-state index < -0.39 is 12.6 Å². The van der Waals surface area contributed by atoms with Crippen LogP contribution in [0.4, 0.5) is 8.78 Å². The minimum Gasteiger partial charge on any atom is -0.462 e. The van der Waals surface area contributed by atoms with E-state index >= 15 is 0 Å². The van der Waals surface area contributed by atoms with Gasteiger partial charge in [0.15, 0.2) is 0 Å². The lowest BCUT2D eigenvalue weighted by molar-refractivity contribution is -0.137. The third kappa shape index (κ3) is 5.51. The van der Waals surface area contributed by atoms with E-state index in [-0.39, 0.29) is 17.9 Å². The fourth-order valence-electron chi connectivity index (χ4n) is 2.36. The van der Waals surface area contributed by atoms with Crippen LogP contribution in [0.1, 0.15) is 18.1 Å². The number of halogens is 2. The highest BCUT2D eigenvalue weighted by atomic mass is 19.3. The summed E-state index contributed by atoms with van der Waals surface area (Å²) >= 11 is 0. The first-order valence-electron chi connectivity index (χ1n) is 8.15. The Morgan fingerprint density at radius 2 is 1.81 bits per heavy atom. The molecule has 0 fully saturated rings. The quantitative estimate of drug-likeness (QED) is 0.303. The van der Waals surface area contributed by atoms with Gasteiger partial charge < -0.3 is 9.47 Å². The number of para-hydroxylation sites is 1. The van der Waals surface area contributed by atoms with Crippen molar-refractivity contribution in [2.75, 3.05) is 6.61 Å². The first kappa shape index (κ1) is 19.9. The first-order chi connectivity index (χ1) is 13.1. The van der Waals surface area contributed by atoms with Gasteiger partial charge in [-0.15, -0.1) is 0 Å². The summed E-state index contributed by atoms with van der Waals surface area (Å²) in [5.74, 6) is -0.758. The van der Waals surface area contributed by atoms with E-state index in [9.17, 15) is 18.8 Å².